The molecule has 0 spiro atoms. The highest BCUT2D eigenvalue weighted by Gasteiger charge is 2.07. The fourth-order valence-electron chi connectivity index (χ4n) is 1.33. The van der Waals surface area contributed by atoms with Crippen molar-refractivity contribution in [2.24, 2.45) is 0 Å². The van der Waals surface area contributed by atoms with Gasteiger partial charge in [0.15, 0.2) is 0 Å². The Hall–Kier alpha value is -2.17. The van der Waals surface area contributed by atoms with Crippen LogP contribution in [0.3, 0.4) is 0 Å². The monoisotopic (exact) mass is 203 g/mol. The Kier molecular flexibility index (Phi) is 2.21. The molecular formula is C10H9N3O2. The number of nitrogens with one attached hydrogen (secondary N) is 1. The predicted octanol–water partition coefficient (Wildman–Crippen LogP) is 0.584. The Balaban J connectivity index is 2.76. The summed E-state index contributed by atoms with van der Waals surface area (Å²) in [5.41, 5.74) is 0.225. The number of fused-ring (bicyclic) bond motifs is 1. The van der Waals surface area contributed by atoms with Gasteiger partial charge in [-0.15, -0.1) is 0 Å². The molecule has 1 heterocycles. The van der Waals surface area contributed by atoms with Crippen LogP contribution in [0.4, 0.5) is 4.79 Å². The smallest absolute Gasteiger partial charge is 0.329 e. The van der Waals surface area contributed by atoms with E-state index in [4.69, 9.17) is 0 Å². The highest BCUT2D eigenvalue weighted by atomic mass is 16.2. The van der Waals surface area contributed by atoms with Crippen molar-refractivity contribution in [2.75, 3.05) is 7.05 Å². The summed E-state index contributed by atoms with van der Waals surface area (Å²) in [5, 5.41) is 2.80. The lowest BCUT2D eigenvalue weighted by Crippen LogP contribution is -2.34. The minimum Gasteiger partial charge on any atom is -0.340 e. The summed E-state index contributed by atoms with van der Waals surface area (Å²) < 4.78 is 0.947. The van der Waals surface area contributed by atoms with Gasteiger partial charge < -0.3 is 5.32 Å². The number of nitrogens with zero attached hydrogens (tertiary/aromatic N) is 2. The van der Waals surface area contributed by atoms with E-state index in [0.29, 0.717) is 10.9 Å². The van der Waals surface area contributed by atoms with E-state index in [1.807, 2.05) is 0 Å². The van der Waals surface area contributed by atoms with Crippen LogP contribution < -0.4 is 10.9 Å². The molecule has 0 radical (unpaired) electrons. The van der Waals surface area contributed by atoms with Crippen molar-refractivity contribution < 1.29 is 4.79 Å². The maximum Gasteiger partial charge on any atom is 0.329 e. The Morgan fingerprint density at radius 1 is 1.40 bits per heavy atom. The number of aromatic nitrogens is 2. The van der Waals surface area contributed by atoms with Gasteiger partial charge in [-0.2, -0.15) is 0 Å². The van der Waals surface area contributed by atoms with Gasteiger partial charge in [-0.25, -0.2) is 14.3 Å². The quantitative estimate of drug-likeness (QED) is 0.681. The molecule has 0 fully saturated rings. The van der Waals surface area contributed by atoms with E-state index in [-0.39, 0.29) is 5.56 Å². The van der Waals surface area contributed by atoms with E-state index in [1.165, 1.54) is 13.4 Å². The molecule has 0 unspecified atom stereocenters. The molecule has 5 nitrogen and oxygen atoms in total. The zero-order valence-corrected chi connectivity index (χ0v) is 8.10. The van der Waals surface area contributed by atoms with E-state index in [2.05, 4.69) is 10.3 Å². The molecule has 2 aromatic rings. The molecule has 0 saturated heterocycles. The van der Waals surface area contributed by atoms with Gasteiger partial charge in [0.2, 0.25) is 0 Å². The molecule has 0 aliphatic carbocycles. The van der Waals surface area contributed by atoms with E-state index in [0.717, 1.165) is 4.57 Å². The molecule has 1 amide bonds. The first-order valence-electron chi connectivity index (χ1n) is 4.42. The molecule has 0 saturated carbocycles. The van der Waals surface area contributed by atoms with Crippen LogP contribution in [-0.4, -0.2) is 22.6 Å². The van der Waals surface area contributed by atoms with Gasteiger partial charge in [0, 0.05) is 7.05 Å². The van der Waals surface area contributed by atoms with Crippen LogP contribution in [0.25, 0.3) is 10.9 Å². The number of hydrogen-bond donors (Lipinski definition) is 1. The number of para-hydroxylation sites is 1. The summed E-state index contributed by atoms with van der Waals surface area (Å²) in [6.07, 6.45) is 1.23. The lowest BCUT2D eigenvalue weighted by Gasteiger charge is -2.03. The number of rotatable bonds is 0. The van der Waals surface area contributed by atoms with Gasteiger partial charge in [-0.3, -0.25) is 4.79 Å². The predicted molar refractivity (Wildman–Crippen MR) is 55.9 cm³/mol. The van der Waals surface area contributed by atoms with Crippen molar-refractivity contribution >= 4 is 16.9 Å². The SMILES string of the molecule is CNC(=O)n1cnc2ccccc2c1=O. The molecule has 0 atom stereocenters. The zero-order chi connectivity index (χ0) is 10.8. The van der Waals surface area contributed by atoms with Crippen molar-refractivity contribution in [1.82, 2.24) is 14.9 Å². The fraction of sp³-hybridized carbons (Fsp3) is 0.100. The first kappa shape index (κ1) is 9.39. The van der Waals surface area contributed by atoms with Gasteiger partial charge in [0.1, 0.15) is 6.33 Å². The third kappa shape index (κ3) is 1.48. The molecule has 0 bridgehead atoms. The number of carbonyl (C=O) groups excluding carboxylic acids is 1. The lowest BCUT2D eigenvalue weighted by atomic mass is 10.2. The summed E-state index contributed by atoms with van der Waals surface area (Å²) >= 11 is 0. The average molecular weight is 203 g/mol. The number of hydrogen-bond acceptors (Lipinski definition) is 3. The molecule has 15 heavy (non-hydrogen) atoms. The van der Waals surface area contributed by atoms with Gasteiger partial charge >= 0.3 is 6.03 Å². The first-order valence-corrected chi connectivity index (χ1v) is 4.42. The highest BCUT2D eigenvalue weighted by molar-refractivity contribution is 5.82. The van der Waals surface area contributed by atoms with Crippen molar-refractivity contribution in [3.05, 3.63) is 40.9 Å². The number of benzene rings is 1. The van der Waals surface area contributed by atoms with Crippen LogP contribution in [-0.2, 0) is 0 Å². The summed E-state index contributed by atoms with van der Waals surface area (Å²) in [6, 6.07) is 6.41. The second-order valence-corrected chi connectivity index (χ2v) is 2.99. The Morgan fingerprint density at radius 3 is 2.87 bits per heavy atom. The molecule has 76 valence electrons. The van der Waals surface area contributed by atoms with E-state index < -0.39 is 6.03 Å². The van der Waals surface area contributed by atoms with E-state index in [9.17, 15) is 9.59 Å². The van der Waals surface area contributed by atoms with Crippen molar-refractivity contribution in [2.45, 2.75) is 0 Å². The van der Waals surface area contributed by atoms with Crippen molar-refractivity contribution in [3.63, 3.8) is 0 Å². The molecule has 5 heteroatoms. The van der Waals surface area contributed by atoms with Crippen LogP contribution in [0.2, 0.25) is 0 Å². The maximum absolute atomic E-state index is 11.8. The number of carbonyl (C=O) groups is 1. The van der Waals surface area contributed by atoms with Crippen LogP contribution in [0.5, 0.6) is 0 Å². The van der Waals surface area contributed by atoms with Gasteiger partial charge in [-0.1, -0.05) is 12.1 Å². The summed E-state index contributed by atoms with van der Waals surface area (Å²) in [7, 11) is 1.46. The zero-order valence-electron chi connectivity index (χ0n) is 8.10. The molecule has 0 aliphatic heterocycles. The minimum atomic E-state index is -0.488. The number of amides is 1. The van der Waals surface area contributed by atoms with Gasteiger partial charge in [0.25, 0.3) is 5.56 Å². The molecular weight excluding hydrogens is 194 g/mol. The second kappa shape index (κ2) is 3.53. The second-order valence-electron chi connectivity index (χ2n) is 2.99. The average Bonchev–Trinajstić information content (AvgIpc) is 2.29. The molecule has 1 aromatic heterocycles. The van der Waals surface area contributed by atoms with Crippen molar-refractivity contribution in [1.29, 1.82) is 0 Å². The van der Waals surface area contributed by atoms with Crippen LogP contribution in [0, 0.1) is 0 Å². The van der Waals surface area contributed by atoms with Crippen LogP contribution in [0.1, 0.15) is 0 Å². The summed E-state index contributed by atoms with van der Waals surface area (Å²) in [4.78, 5) is 27.1. The van der Waals surface area contributed by atoms with Gasteiger partial charge in [-0.05, 0) is 12.1 Å². The molecule has 1 N–H and O–H groups in total. The Bertz CT molecular complexity index is 574. The van der Waals surface area contributed by atoms with Crippen LogP contribution in [0.15, 0.2) is 35.4 Å². The Morgan fingerprint density at radius 2 is 2.13 bits per heavy atom. The molecule has 2 rings (SSSR count). The largest absolute Gasteiger partial charge is 0.340 e. The topological polar surface area (TPSA) is 64.0 Å². The van der Waals surface area contributed by atoms with Gasteiger partial charge in [0.05, 0.1) is 10.9 Å². The van der Waals surface area contributed by atoms with Crippen LogP contribution >= 0.6 is 0 Å². The third-order valence-electron chi connectivity index (χ3n) is 2.10. The normalized spacial score (nSPS) is 10.2. The van der Waals surface area contributed by atoms with Crippen molar-refractivity contribution in [3.8, 4) is 0 Å². The molecule has 0 aliphatic rings. The van der Waals surface area contributed by atoms with E-state index >= 15 is 0 Å². The molecule has 1 aromatic carbocycles. The van der Waals surface area contributed by atoms with E-state index in [1.54, 1.807) is 24.3 Å². The summed E-state index contributed by atoms with van der Waals surface area (Å²) in [6.45, 7) is 0. The third-order valence-corrected chi connectivity index (χ3v) is 2.10. The lowest BCUT2D eigenvalue weighted by molar-refractivity contribution is 0.243. The summed E-state index contributed by atoms with van der Waals surface area (Å²) in [5.74, 6) is 0. The Labute approximate surface area is 85.4 Å². The maximum atomic E-state index is 11.8. The standard InChI is InChI=1S/C10H9N3O2/c1-11-10(15)13-6-12-8-5-3-2-4-7(8)9(13)14/h2-6H,1H3,(H,11,15). The fourth-order valence-corrected chi connectivity index (χ4v) is 1.33. The minimum absolute atomic E-state index is 0.361. The highest BCUT2D eigenvalue weighted by Crippen LogP contribution is 2.04. The first-order chi connectivity index (χ1) is 7.24.